The van der Waals surface area contributed by atoms with E-state index in [0.717, 1.165) is 19.6 Å². The predicted octanol–water partition coefficient (Wildman–Crippen LogP) is 1.53. The molecular weight excluding hydrogens is 302 g/mol. The molecule has 3 rings (SSSR count). The Morgan fingerprint density at radius 2 is 1.88 bits per heavy atom. The van der Waals surface area contributed by atoms with Crippen LogP contribution in [0.3, 0.4) is 0 Å². The maximum atomic E-state index is 12.8. The molecule has 0 radical (unpaired) electrons. The average Bonchev–Trinajstić information content (AvgIpc) is 3.05. The van der Waals surface area contributed by atoms with E-state index in [0.29, 0.717) is 18.4 Å². The number of rotatable bonds is 3. The molecule has 1 aromatic rings. The number of fused-ring (bicyclic) bond motifs is 1. The minimum Gasteiger partial charge on any atom is -0.342 e. The quantitative estimate of drug-likeness (QED) is 0.845. The molecule has 1 aromatic carbocycles. The van der Waals surface area contributed by atoms with Gasteiger partial charge < -0.3 is 14.7 Å². The highest BCUT2D eigenvalue weighted by Crippen LogP contribution is 2.45. The molecule has 2 saturated heterocycles. The first-order valence-electron chi connectivity index (χ1n) is 8.63. The standard InChI is InChI=1S/C19H27N3O2/c1-13-7-5-6-8-16(13)19-17-11-21(14(2)23)9-15(17)10-22(19)18(24)12-20(3)4/h5-8,15,17,19H,9-12H2,1-4H3/t15-,17-,19+/m1/s1. The van der Waals surface area contributed by atoms with Crippen LogP contribution in [0.15, 0.2) is 24.3 Å². The number of carbonyl (C=O) groups is 2. The molecule has 5 heteroatoms. The Morgan fingerprint density at radius 3 is 2.50 bits per heavy atom. The van der Waals surface area contributed by atoms with Crippen molar-refractivity contribution < 1.29 is 9.59 Å². The van der Waals surface area contributed by atoms with Crippen molar-refractivity contribution >= 4 is 11.8 Å². The van der Waals surface area contributed by atoms with E-state index in [2.05, 4.69) is 24.0 Å². The number of benzene rings is 1. The van der Waals surface area contributed by atoms with Crippen LogP contribution in [-0.2, 0) is 9.59 Å². The number of carbonyl (C=O) groups excluding carboxylic acids is 2. The fourth-order valence-electron chi connectivity index (χ4n) is 4.24. The van der Waals surface area contributed by atoms with Gasteiger partial charge in [0.15, 0.2) is 0 Å². The average molecular weight is 329 g/mol. The summed E-state index contributed by atoms with van der Waals surface area (Å²) in [6, 6.07) is 8.40. The lowest BCUT2D eigenvalue weighted by Gasteiger charge is -2.31. The van der Waals surface area contributed by atoms with E-state index in [1.165, 1.54) is 11.1 Å². The third-order valence-electron chi connectivity index (χ3n) is 5.39. The zero-order valence-corrected chi connectivity index (χ0v) is 15.0. The van der Waals surface area contributed by atoms with Gasteiger partial charge in [-0.2, -0.15) is 0 Å². The van der Waals surface area contributed by atoms with E-state index >= 15 is 0 Å². The Labute approximate surface area is 144 Å². The maximum Gasteiger partial charge on any atom is 0.237 e. The van der Waals surface area contributed by atoms with Crippen LogP contribution in [-0.4, -0.2) is 66.8 Å². The van der Waals surface area contributed by atoms with Crippen molar-refractivity contribution in [2.75, 3.05) is 40.3 Å². The third-order valence-corrected chi connectivity index (χ3v) is 5.39. The molecule has 3 atom stereocenters. The lowest BCUT2D eigenvalue weighted by molar-refractivity contribution is -0.133. The van der Waals surface area contributed by atoms with Gasteiger partial charge in [-0.3, -0.25) is 9.59 Å². The summed E-state index contributed by atoms with van der Waals surface area (Å²) in [6.45, 7) is 6.45. The molecule has 24 heavy (non-hydrogen) atoms. The first-order valence-corrected chi connectivity index (χ1v) is 8.63. The monoisotopic (exact) mass is 329 g/mol. The highest BCUT2D eigenvalue weighted by atomic mass is 16.2. The van der Waals surface area contributed by atoms with Crippen LogP contribution in [0.25, 0.3) is 0 Å². The van der Waals surface area contributed by atoms with Gasteiger partial charge in [0.2, 0.25) is 11.8 Å². The minimum atomic E-state index is 0.0769. The van der Waals surface area contributed by atoms with Crippen molar-refractivity contribution in [1.29, 1.82) is 0 Å². The number of hydrogen-bond donors (Lipinski definition) is 0. The van der Waals surface area contributed by atoms with Crippen LogP contribution < -0.4 is 0 Å². The predicted molar refractivity (Wildman–Crippen MR) is 93.4 cm³/mol. The van der Waals surface area contributed by atoms with E-state index in [1.807, 2.05) is 36.0 Å². The number of aryl methyl sites for hydroxylation is 1. The minimum absolute atomic E-state index is 0.0769. The number of amides is 2. The largest absolute Gasteiger partial charge is 0.342 e. The van der Waals surface area contributed by atoms with Crippen LogP contribution in [0.5, 0.6) is 0 Å². The Kier molecular flexibility index (Phi) is 4.63. The van der Waals surface area contributed by atoms with Gasteiger partial charge in [-0.25, -0.2) is 0 Å². The van der Waals surface area contributed by atoms with Gasteiger partial charge in [-0.1, -0.05) is 24.3 Å². The Bertz CT molecular complexity index is 643. The van der Waals surface area contributed by atoms with Gasteiger partial charge in [0.05, 0.1) is 12.6 Å². The highest BCUT2D eigenvalue weighted by Gasteiger charge is 2.49. The number of likely N-dealkylation sites (tertiary alicyclic amines) is 2. The summed E-state index contributed by atoms with van der Waals surface area (Å²) in [5, 5.41) is 0. The van der Waals surface area contributed by atoms with Crippen LogP contribution >= 0.6 is 0 Å². The fourth-order valence-corrected chi connectivity index (χ4v) is 4.24. The highest BCUT2D eigenvalue weighted by molar-refractivity contribution is 5.79. The molecule has 0 N–H and O–H groups in total. The van der Waals surface area contributed by atoms with Gasteiger partial charge in [-0.05, 0) is 32.1 Å². The van der Waals surface area contributed by atoms with Crippen molar-refractivity contribution in [1.82, 2.24) is 14.7 Å². The van der Waals surface area contributed by atoms with Crippen LogP contribution in [0.1, 0.15) is 24.1 Å². The van der Waals surface area contributed by atoms with E-state index in [1.54, 1.807) is 6.92 Å². The molecule has 0 aliphatic carbocycles. The topological polar surface area (TPSA) is 43.9 Å². The van der Waals surface area contributed by atoms with E-state index in [4.69, 9.17) is 0 Å². The molecule has 2 fully saturated rings. The van der Waals surface area contributed by atoms with Crippen molar-refractivity contribution in [2.45, 2.75) is 19.9 Å². The molecule has 2 aliphatic rings. The van der Waals surface area contributed by atoms with Gasteiger partial charge >= 0.3 is 0 Å². The lowest BCUT2D eigenvalue weighted by atomic mass is 9.87. The Morgan fingerprint density at radius 1 is 1.17 bits per heavy atom. The molecule has 5 nitrogen and oxygen atoms in total. The van der Waals surface area contributed by atoms with Crippen LogP contribution in [0, 0.1) is 18.8 Å². The molecular formula is C19H27N3O2. The van der Waals surface area contributed by atoms with E-state index in [-0.39, 0.29) is 17.9 Å². The Hall–Kier alpha value is -1.88. The second-order valence-corrected chi connectivity index (χ2v) is 7.43. The maximum absolute atomic E-state index is 12.8. The molecule has 0 spiro atoms. The molecule has 2 amide bonds. The molecule has 2 heterocycles. The number of hydrogen-bond acceptors (Lipinski definition) is 3. The smallest absolute Gasteiger partial charge is 0.237 e. The molecule has 2 aliphatic heterocycles. The lowest BCUT2D eigenvalue weighted by Crippen LogP contribution is -2.41. The van der Waals surface area contributed by atoms with Gasteiger partial charge in [-0.15, -0.1) is 0 Å². The summed E-state index contributed by atoms with van der Waals surface area (Å²) in [5.74, 6) is 1.03. The van der Waals surface area contributed by atoms with Gasteiger partial charge in [0, 0.05) is 38.4 Å². The summed E-state index contributed by atoms with van der Waals surface area (Å²) in [7, 11) is 3.85. The van der Waals surface area contributed by atoms with Crippen molar-refractivity contribution in [3.63, 3.8) is 0 Å². The summed E-state index contributed by atoms with van der Waals surface area (Å²) in [5.41, 5.74) is 2.44. The summed E-state index contributed by atoms with van der Waals surface area (Å²) < 4.78 is 0. The summed E-state index contributed by atoms with van der Waals surface area (Å²) in [4.78, 5) is 30.5. The summed E-state index contributed by atoms with van der Waals surface area (Å²) >= 11 is 0. The third kappa shape index (κ3) is 3.05. The van der Waals surface area contributed by atoms with Crippen molar-refractivity contribution in [3.05, 3.63) is 35.4 Å². The normalized spacial score (nSPS) is 26.1. The van der Waals surface area contributed by atoms with E-state index in [9.17, 15) is 9.59 Å². The van der Waals surface area contributed by atoms with Gasteiger partial charge in [0.25, 0.3) is 0 Å². The molecule has 130 valence electrons. The molecule has 0 bridgehead atoms. The zero-order chi connectivity index (χ0) is 17.4. The first-order chi connectivity index (χ1) is 11.4. The molecule has 0 unspecified atom stereocenters. The number of likely N-dealkylation sites (N-methyl/N-ethyl adjacent to an activating group) is 1. The number of nitrogens with zero attached hydrogens (tertiary/aromatic N) is 3. The SMILES string of the molecule is CC(=O)N1C[C@@H]2CN(C(=O)CN(C)C)[C@@H](c3ccccc3C)[C@@H]2C1. The van der Waals surface area contributed by atoms with E-state index < -0.39 is 0 Å². The van der Waals surface area contributed by atoms with Crippen molar-refractivity contribution in [3.8, 4) is 0 Å². The second kappa shape index (κ2) is 6.55. The molecule has 0 aromatic heterocycles. The van der Waals surface area contributed by atoms with Crippen LogP contribution in [0.4, 0.5) is 0 Å². The Balaban J connectivity index is 1.92. The zero-order valence-electron chi connectivity index (χ0n) is 15.0. The van der Waals surface area contributed by atoms with Crippen molar-refractivity contribution in [2.24, 2.45) is 11.8 Å². The van der Waals surface area contributed by atoms with Gasteiger partial charge in [0.1, 0.15) is 0 Å². The second-order valence-electron chi connectivity index (χ2n) is 7.43. The van der Waals surface area contributed by atoms with Crippen LogP contribution in [0.2, 0.25) is 0 Å². The summed E-state index contributed by atoms with van der Waals surface area (Å²) in [6.07, 6.45) is 0. The first kappa shape index (κ1) is 17.0. The fraction of sp³-hybridized carbons (Fsp3) is 0.579. The molecule has 0 saturated carbocycles.